The summed E-state index contributed by atoms with van der Waals surface area (Å²) in [6, 6.07) is 7.03. The lowest BCUT2D eigenvalue weighted by Crippen LogP contribution is -2.30. The third-order valence-electron chi connectivity index (χ3n) is 4.38. The van der Waals surface area contributed by atoms with Gasteiger partial charge in [0.1, 0.15) is 17.6 Å². The Labute approximate surface area is 134 Å². The van der Waals surface area contributed by atoms with Crippen molar-refractivity contribution in [3.05, 3.63) is 41.3 Å². The fourth-order valence-corrected chi connectivity index (χ4v) is 3.00. The van der Waals surface area contributed by atoms with Crippen LogP contribution in [0.25, 0.3) is 0 Å². The number of hydrogen-bond acceptors (Lipinski definition) is 5. The molecular weight excluding hydrogens is 292 g/mol. The van der Waals surface area contributed by atoms with Crippen molar-refractivity contribution in [2.75, 3.05) is 12.4 Å². The molecular formula is C16H18N6O. The predicted octanol–water partition coefficient (Wildman–Crippen LogP) is 1.38. The number of nitriles is 1. The van der Waals surface area contributed by atoms with Crippen molar-refractivity contribution in [2.45, 2.75) is 25.4 Å². The van der Waals surface area contributed by atoms with Gasteiger partial charge in [0.05, 0.1) is 18.3 Å². The molecule has 2 aromatic heterocycles. The molecule has 2 atom stereocenters. The summed E-state index contributed by atoms with van der Waals surface area (Å²) in [5.41, 5.74) is 2.40. The highest BCUT2D eigenvalue weighted by molar-refractivity contribution is 5.81. The molecule has 0 saturated carbocycles. The van der Waals surface area contributed by atoms with Crippen LogP contribution in [0.4, 0.5) is 5.82 Å². The lowest BCUT2D eigenvalue weighted by atomic mass is 10.0. The predicted molar refractivity (Wildman–Crippen MR) is 84.4 cm³/mol. The second-order valence-corrected chi connectivity index (χ2v) is 5.73. The summed E-state index contributed by atoms with van der Waals surface area (Å²) < 4.78 is 1.80. The molecule has 0 bridgehead atoms. The molecule has 1 fully saturated rings. The van der Waals surface area contributed by atoms with Gasteiger partial charge in [0, 0.05) is 31.8 Å². The normalized spacial score (nSPS) is 20.6. The van der Waals surface area contributed by atoms with Gasteiger partial charge in [-0.05, 0) is 19.1 Å². The molecule has 3 rings (SSSR count). The molecule has 0 aliphatic carbocycles. The van der Waals surface area contributed by atoms with E-state index in [1.165, 1.54) is 0 Å². The Morgan fingerprint density at radius 1 is 1.39 bits per heavy atom. The van der Waals surface area contributed by atoms with Crippen LogP contribution in [0.3, 0.4) is 0 Å². The number of carbonyl (C=O) groups is 1. The largest absolute Gasteiger partial charge is 0.364 e. The average molecular weight is 310 g/mol. The Balaban J connectivity index is 1.92. The first-order valence-electron chi connectivity index (χ1n) is 7.39. The highest BCUT2D eigenvalue weighted by Gasteiger charge is 2.40. The number of carbonyl (C=O) groups excluding carboxylic acids is 1. The Morgan fingerprint density at radius 3 is 2.83 bits per heavy atom. The van der Waals surface area contributed by atoms with Crippen molar-refractivity contribution in [1.82, 2.24) is 19.7 Å². The van der Waals surface area contributed by atoms with Crippen LogP contribution in [0.2, 0.25) is 0 Å². The first-order valence-corrected chi connectivity index (χ1v) is 7.39. The molecule has 7 nitrogen and oxygen atoms in total. The van der Waals surface area contributed by atoms with Crippen molar-refractivity contribution < 1.29 is 4.79 Å². The molecule has 1 aliphatic heterocycles. The molecule has 23 heavy (non-hydrogen) atoms. The van der Waals surface area contributed by atoms with Crippen LogP contribution in [0.5, 0.6) is 0 Å². The first kappa shape index (κ1) is 15.0. The van der Waals surface area contributed by atoms with E-state index in [0.29, 0.717) is 17.9 Å². The molecule has 0 spiro atoms. The molecule has 1 amide bonds. The Kier molecular flexibility index (Phi) is 3.74. The topological polar surface area (TPSA) is 86.8 Å². The minimum absolute atomic E-state index is 0.0761. The molecule has 0 radical (unpaired) electrons. The van der Waals surface area contributed by atoms with Gasteiger partial charge in [0.2, 0.25) is 5.91 Å². The average Bonchev–Trinajstić information content (AvgIpc) is 3.00. The van der Waals surface area contributed by atoms with Crippen molar-refractivity contribution >= 4 is 11.7 Å². The number of likely N-dealkylation sites (N-methyl/N-ethyl adjacent to an activating group) is 1. The van der Waals surface area contributed by atoms with E-state index in [9.17, 15) is 4.79 Å². The molecule has 1 N–H and O–H groups in total. The van der Waals surface area contributed by atoms with Gasteiger partial charge >= 0.3 is 0 Å². The van der Waals surface area contributed by atoms with Crippen molar-refractivity contribution in [2.24, 2.45) is 7.05 Å². The summed E-state index contributed by atoms with van der Waals surface area (Å²) in [6.45, 7) is 1.99. The summed E-state index contributed by atoms with van der Waals surface area (Å²) >= 11 is 0. The number of aryl methyl sites for hydroxylation is 1. The summed E-state index contributed by atoms with van der Waals surface area (Å²) in [6.07, 6.45) is 2.19. The van der Waals surface area contributed by atoms with Gasteiger partial charge in [-0.15, -0.1) is 0 Å². The lowest BCUT2D eigenvalue weighted by molar-refractivity contribution is -0.127. The van der Waals surface area contributed by atoms with Crippen LogP contribution in [-0.4, -0.2) is 38.7 Å². The maximum Gasteiger partial charge on any atom is 0.225 e. The quantitative estimate of drug-likeness (QED) is 0.925. The van der Waals surface area contributed by atoms with Crippen molar-refractivity contribution in [3.8, 4) is 6.07 Å². The van der Waals surface area contributed by atoms with Crippen molar-refractivity contribution in [1.29, 1.82) is 5.26 Å². The minimum atomic E-state index is -0.114. The number of likely N-dealkylation sites (tertiary alicyclic amines) is 1. The highest BCUT2D eigenvalue weighted by Crippen LogP contribution is 2.35. The van der Waals surface area contributed by atoms with Crippen LogP contribution in [-0.2, 0) is 11.8 Å². The van der Waals surface area contributed by atoms with Gasteiger partial charge in [-0.3, -0.25) is 9.48 Å². The van der Waals surface area contributed by atoms with E-state index in [0.717, 1.165) is 11.3 Å². The van der Waals surface area contributed by atoms with E-state index in [-0.39, 0.29) is 18.0 Å². The zero-order valence-electron chi connectivity index (χ0n) is 13.3. The number of nitrogens with zero attached hydrogens (tertiary/aromatic N) is 5. The second kappa shape index (κ2) is 5.72. The molecule has 0 unspecified atom stereocenters. The molecule has 118 valence electrons. The lowest BCUT2D eigenvalue weighted by Gasteiger charge is -2.25. The standard InChI is InChI=1S/C16H18N6O/c1-10-12(9-18-22(10)3)16-13(7-15(23)21(16)2)20-14-6-4-5-11(8-17)19-14/h4-6,9,13,16H,7H2,1-3H3,(H,19,20)/t13-,16+/m1/s1. The third-order valence-corrected chi connectivity index (χ3v) is 4.38. The van der Waals surface area contributed by atoms with E-state index in [1.54, 1.807) is 34.8 Å². The number of rotatable bonds is 3. The Hall–Kier alpha value is -2.88. The number of anilines is 1. The van der Waals surface area contributed by atoms with E-state index in [4.69, 9.17) is 5.26 Å². The summed E-state index contributed by atoms with van der Waals surface area (Å²) in [5.74, 6) is 0.677. The van der Waals surface area contributed by atoms with Crippen LogP contribution in [0.1, 0.15) is 29.4 Å². The number of aromatic nitrogens is 3. The summed E-state index contributed by atoms with van der Waals surface area (Å²) in [4.78, 5) is 18.2. The molecule has 7 heteroatoms. The molecule has 2 aromatic rings. The van der Waals surface area contributed by atoms with Crippen LogP contribution < -0.4 is 5.32 Å². The van der Waals surface area contributed by atoms with Crippen LogP contribution >= 0.6 is 0 Å². The van der Waals surface area contributed by atoms with Crippen LogP contribution in [0.15, 0.2) is 24.4 Å². The fraction of sp³-hybridized carbons (Fsp3) is 0.375. The van der Waals surface area contributed by atoms with Crippen molar-refractivity contribution in [3.63, 3.8) is 0 Å². The van der Waals surface area contributed by atoms with Gasteiger partial charge in [0.25, 0.3) is 0 Å². The van der Waals surface area contributed by atoms with E-state index in [2.05, 4.69) is 15.4 Å². The molecule has 1 aliphatic rings. The van der Waals surface area contributed by atoms with Gasteiger partial charge in [-0.2, -0.15) is 10.4 Å². The van der Waals surface area contributed by atoms with E-state index < -0.39 is 0 Å². The SMILES string of the molecule is Cc1c([C@H]2[C@H](Nc3cccc(C#N)n3)CC(=O)N2C)cnn1C. The molecule has 0 aromatic carbocycles. The van der Waals surface area contributed by atoms with Gasteiger partial charge in [-0.1, -0.05) is 6.07 Å². The van der Waals surface area contributed by atoms with Gasteiger partial charge < -0.3 is 10.2 Å². The fourth-order valence-electron chi connectivity index (χ4n) is 3.00. The summed E-state index contributed by atoms with van der Waals surface area (Å²) in [5, 5.41) is 16.5. The first-order chi connectivity index (χ1) is 11.0. The van der Waals surface area contributed by atoms with Gasteiger partial charge in [0.15, 0.2) is 0 Å². The molecule has 3 heterocycles. The maximum absolute atomic E-state index is 12.2. The number of hydrogen-bond donors (Lipinski definition) is 1. The number of nitrogens with one attached hydrogen (secondary N) is 1. The smallest absolute Gasteiger partial charge is 0.225 e. The number of pyridine rings is 1. The monoisotopic (exact) mass is 310 g/mol. The Bertz CT molecular complexity index is 790. The minimum Gasteiger partial charge on any atom is -0.364 e. The molecule has 1 saturated heterocycles. The summed E-state index contributed by atoms with van der Waals surface area (Å²) in [7, 11) is 3.69. The van der Waals surface area contributed by atoms with E-state index >= 15 is 0 Å². The second-order valence-electron chi connectivity index (χ2n) is 5.73. The highest BCUT2D eigenvalue weighted by atomic mass is 16.2. The zero-order chi connectivity index (χ0) is 16.6. The van der Waals surface area contributed by atoms with Gasteiger partial charge in [-0.25, -0.2) is 4.98 Å². The van der Waals surface area contributed by atoms with Crippen LogP contribution in [0, 0.1) is 18.3 Å². The van der Waals surface area contributed by atoms with E-state index in [1.807, 2.05) is 26.2 Å². The third kappa shape index (κ3) is 2.63. The zero-order valence-corrected chi connectivity index (χ0v) is 13.3. The maximum atomic E-state index is 12.2. The number of amides is 1. The Morgan fingerprint density at radius 2 is 2.17 bits per heavy atom.